The number of hydrogen-bond acceptors (Lipinski definition) is 5. The molecule has 3 aromatic carbocycles. The van der Waals surface area contributed by atoms with Gasteiger partial charge in [-0.3, -0.25) is 14.5 Å². The Bertz CT molecular complexity index is 1370. The number of carbonyl (C=O) groups excluding carboxylic acids is 2. The Hall–Kier alpha value is -4.02. The lowest BCUT2D eigenvalue weighted by Crippen LogP contribution is -2.30. The number of ether oxygens (including phenoxy) is 1. The Morgan fingerprint density at radius 3 is 2.28 bits per heavy atom. The summed E-state index contributed by atoms with van der Waals surface area (Å²) in [6.07, 6.45) is 3.81. The van der Waals surface area contributed by atoms with Crippen molar-refractivity contribution in [3.8, 4) is 11.8 Å². The quantitative estimate of drug-likeness (QED) is 0.226. The number of nitriles is 1. The van der Waals surface area contributed by atoms with Gasteiger partial charge >= 0.3 is 0 Å². The van der Waals surface area contributed by atoms with Gasteiger partial charge in [-0.1, -0.05) is 67.1 Å². The zero-order valence-corrected chi connectivity index (χ0v) is 23.4. The van der Waals surface area contributed by atoms with Crippen molar-refractivity contribution in [3.63, 3.8) is 0 Å². The third-order valence-corrected chi connectivity index (χ3v) is 7.75. The molecule has 4 rings (SSSR count). The van der Waals surface area contributed by atoms with Crippen molar-refractivity contribution in [3.05, 3.63) is 100 Å². The first-order valence-corrected chi connectivity index (χ1v) is 14.1. The lowest BCUT2D eigenvalue weighted by molar-refractivity contribution is -0.117. The zero-order valence-electron chi connectivity index (χ0n) is 22.6. The third-order valence-electron chi connectivity index (χ3n) is 6.48. The Morgan fingerprint density at radius 1 is 1.00 bits per heavy atom. The predicted octanol–water partition coefficient (Wildman–Crippen LogP) is 6.80. The molecule has 2 amide bonds. The molecule has 1 heterocycles. The second-order valence-corrected chi connectivity index (χ2v) is 10.6. The number of thioether (sulfide) groups is 1. The van der Waals surface area contributed by atoms with E-state index in [1.54, 1.807) is 36.4 Å². The van der Waals surface area contributed by atoms with E-state index in [9.17, 15) is 14.9 Å². The minimum Gasteiger partial charge on any atom is -0.494 e. The van der Waals surface area contributed by atoms with Gasteiger partial charge in [0.15, 0.2) is 0 Å². The fourth-order valence-electron chi connectivity index (χ4n) is 4.35. The second-order valence-electron chi connectivity index (χ2n) is 9.44. The van der Waals surface area contributed by atoms with Gasteiger partial charge in [0.2, 0.25) is 5.91 Å². The highest BCUT2D eigenvalue weighted by Gasteiger charge is 2.40. The molecule has 1 aliphatic rings. The van der Waals surface area contributed by atoms with Crippen LogP contribution in [0.2, 0.25) is 0 Å². The van der Waals surface area contributed by atoms with Crippen molar-refractivity contribution in [1.82, 2.24) is 0 Å². The van der Waals surface area contributed by atoms with E-state index in [0.717, 1.165) is 30.4 Å². The van der Waals surface area contributed by atoms with Gasteiger partial charge in [-0.2, -0.15) is 5.26 Å². The van der Waals surface area contributed by atoms with E-state index in [-0.39, 0.29) is 11.5 Å². The highest BCUT2D eigenvalue weighted by molar-refractivity contribution is 8.05. The molecule has 1 N–H and O–H groups in total. The minimum absolute atomic E-state index is 0.0970. The molecule has 1 aliphatic heterocycles. The molecule has 1 saturated heterocycles. The molecule has 200 valence electrons. The number of nitrogens with zero attached hydrogens (tertiary/aromatic N) is 2. The molecule has 7 heteroatoms. The average Bonchev–Trinajstić information content (AvgIpc) is 3.25. The van der Waals surface area contributed by atoms with Crippen LogP contribution in [0.5, 0.6) is 5.75 Å². The van der Waals surface area contributed by atoms with Crippen LogP contribution in [0.25, 0.3) is 0 Å². The Kier molecular flexibility index (Phi) is 9.45. The Balaban J connectivity index is 1.65. The van der Waals surface area contributed by atoms with E-state index < -0.39 is 11.2 Å². The molecule has 1 atom stereocenters. The smallest absolute Gasteiger partial charge is 0.269 e. The first-order valence-electron chi connectivity index (χ1n) is 13.3. The van der Waals surface area contributed by atoms with Gasteiger partial charge in [0.05, 0.1) is 11.9 Å². The summed E-state index contributed by atoms with van der Waals surface area (Å²) in [4.78, 5) is 28.5. The van der Waals surface area contributed by atoms with Crippen LogP contribution >= 0.6 is 11.8 Å². The number of amides is 2. The van der Waals surface area contributed by atoms with Gasteiger partial charge in [-0.15, -0.1) is 0 Å². The standard InChI is InChI=1S/C32H33N3O3S/c1-4-6-7-23-10-12-24(13-11-23)20-29-31(37)35(26-16-18-27(19-17-26)38-5-2)32(39-29)28(21-33)30(36)34-25-14-8-22(3)9-15-25/h8-19,29H,4-7,20H2,1-3H3,(H,34,36)/b32-28-. The van der Waals surface area contributed by atoms with Gasteiger partial charge in [-0.05, 0) is 80.6 Å². The third kappa shape index (κ3) is 6.90. The number of hydrogen-bond donors (Lipinski definition) is 1. The topological polar surface area (TPSA) is 82.4 Å². The van der Waals surface area contributed by atoms with Gasteiger partial charge in [0, 0.05) is 11.4 Å². The summed E-state index contributed by atoms with van der Waals surface area (Å²) in [6.45, 7) is 6.57. The number of anilines is 2. The molecule has 0 bridgehead atoms. The fourth-order valence-corrected chi connectivity index (χ4v) is 5.66. The summed E-state index contributed by atoms with van der Waals surface area (Å²) < 4.78 is 5.56. The van der Waals surface area contributed by atoms with E-state index in [1.807, 2.05) is 26.0 Å². The number of carbonyl (C=O) groups is 2. The summed E-state index contributed by atoms with van der Waals surface area (Å²) in [6, 6.07) is 24.9. The van der Waals surface area contributed by atoms with Crippen LogP contribution in [0.3, 0.4) is 0 Å². The lowest BCUT2D eigenvalue weighted by Gasteiger charge is -2.19. The molecule has 0 aliphatic carbocycles. The maximum absolute atomic E-state index is 13.8. The van der Waals surface area contributed by atoms with Gasteiger partial charge in [0.25, 0.3) is 5.91 Å². The fraction of sp³-hybridized carbons (Fsp3) is 0.281. The Morgan fingerprint density at radius 2 is 1.67 bits per heavy atom. The molecular weight excluding hydrogens is 506 g/mol. The maximum atomic E-state index is 13.8. The molecule has 6 nitrogen and oxygen atoms in total. The number of aryl methyl sites for hydroxylation is 2. The van der Waals surface area contributed by atoms with E-state index in [1.165, 1.54) is 22.2 Å². The van der Waals surface area contributed by atoms with Crippen LogP contribution in [0.15, 0.2) is 83.4 Å². The first kappa shape index (κ1) is 28.0. The largest absolute Gasteiger partial charge is 0.494 e. The van der Waals surface area contributed by atoms with Gasteiger partial charge < -0.3 is 10.1 Å². The monoisotopic (exact) mass is 539 g/mol. The molecule has 0 aromatic heterocycles. The SMILES string of the molecule is CCCCc1ccc(CC2S/C(=C(/C#N)C(=O)Nc3ccc(C)cc3)N(c3ccc(OCC)cc3)C2=O)cc1. The van der Waals surface area contributed by atoms with Crippen LogP contribution < -0.4 is 15.0 Å². The zero-order chi connectivity index (χ0) is 27.8. The van der Waals surface area contributed by atoms with Gasteiger partial charge in [0.1, 0.15) is 22.4 Å². The summed E-state index contributed by atoms with van der Waals surface area (Å²) in [7, 11) is 0. The Labute approximate surface area is 234 Å². The van der Waals surface area contributed by atoms with Crippen molar-refractivity contribution in [1.29, 1.82) is 5.26 Å². The van der Waals surface area contributed by atoms with Crippen molar-refractivity contribution in [2.75, 3.05) is 16.8 Å². The molecule has 0 spiro atoms. The van der Waals surface area contributed by atoms with E-state index in [4.69, 9.17) is 4.74 Å². The van der Waals surface area contributed by atoms with Crippen molar-refractivity contribution in [2.24, 2.45) is 0 Å². The van der Waals surface area contributed by atoms with Crippen molar-refractivity contribution in [2.45, 2.75) is 51.7 Å². The highest BCUT2D eigenvalue weighted by atomic mass is 32.2. The van der Waals surface area contributed by atoms with E-state index >= 15 is 0 Å². The molecule has 39 heavy (non-hydrogen) atoms. The molecule has 1 fully saturated rings. The molecular formula is C32H33N3O3S. The van der Waals surface area contributed by atoms with Crippen molar-refractivity contribution < 1.29 is 14.3 Å². The van der Waals surface area contributed by atoms with Crippen LogP contribution in [0.4, 0.5) is 11.4 Å². The first-order chi connectivity index (χ1) is 18.9. The van der Waals surface area contributed by atoms with E-state index in [2.05, 4.69) is 42.6 Å². The van der Waals surface area contributed by atoms with Crippen LogP contribution in [0, 0.1) is 18.3 Å². The minimum atomic E-state index is -0.548. The summed E-state index contributed by atoms with van der Waals surface area (Å²) in [5, 5.41) is 12.8. The number of benzene rings is 3. The summed E-state index contributed by atoms with van der Waals surface area (Å²) in [5.41, 5.74) is 4.45. The predicted molar refractivity (Wildman–Crippen MR) is 158 cm³/mol. The number of unbranched alkanes of at least 4 members (excludes halogenated alkanes) is 1. The van der Waals surface area contributed by atoms with Gasteiger partial charge in [-0.25, -0.2) is 0 Å². The highest BCUT2D eigenvalue weighted by Crippen LogP contribution is 2.42. The van der Waals surface area contributed by atoms with E-state index in [0.29, 0.717) is 35.2 Å². The molecule has 1 unspecified atom stereocenters. The summed E-state index contributed by atoms with van der Waals surface area (Å²) in [5.74, 6) is -0.0259. The van der Waals surface area contributed by atoms with Crippen molar-refractivity contribution >= 4 is 35.0 Å². The maximum Gasteiger partial charge on any atom is 0.269 e. The molecule has 0 saturated carbocycles. The van der Waals surface area contributed by atoms with Crippen LogP contribution in [-0.4, -0.2) is 23.7 Å². The average molecular weight is 540 g/mol. The van der Waals surface area contributed by atoms with Crippen LogP contribution in [-0.2, 0) is 22.4 Å². The normalized spacial score (nSPS) is 16.1. The molecule has 0 radical (unpaired) electrons. The molecule has 3 aromatic rings. The number of nitrogens with one attached hydrogen (secondary N) is 1. The lowest BCUT2D eigenvalue weighted by atomic mass is 10.0. The summed E-state index contributed by atoms with van der Waals surface area (Å²) >= 11 is 1.26. The number of rotatable bonds is 10. The van der Waals surface area contributed by atoms with Crippen LogP contribution in [0.1, 0.15) is 43.4 Å². The second kappa shape index (κ2) is 13.2.